The molecule has 2 rings (SSSR count). The van der Waals surface area contributed by atoms with Crippen LogP contribution in [0.2, 0.25) is 0 Å². The summed E-state index contributed by atoms with van der Waals surface area (Å²) in [7, 11) is 0. The first-order valence-electron chi connectivity index (χ1n) is 6.55. The van der Waals surface area contributed by atoms with Crippen LogP contribution in [0.15, 0.2) is 24.3 Å². The van der Waals surface area contributed by atoms with E-state index in [9.17, 15) is 13.2 Å². The Morgan fingerprint density at radius 2 is 1.65 bits per heavy atom. The summed E-state index contributed by atoms with van der Waals surface area (Å²) in [6.45, 7) is 7.99. The lowest BCUT2D eigenvalue weighted by Gasteiger charge is -2.06. The molecule has 0 bridgehead atoms. The number of hydrogen-bond acceptors (Lipinski definition) is 2. The largest absolute Gasteiger partial charge is 0.416 e. The van der Waals surface area contributed by atoms with Gasteiger partial charge >= 0.3 is 6.18 Å². The van der Waals surface area contributed by atoms with Gasteiger partial charge in [0.15, 0.2) is 0 Å². The predicted molar refractivity (Wildman–Crippen MR) is 78.0 cm³/mol. The van der Waals surface area contributed by atoms with E-state index < -0.39 is 11.7 Å². The van der Waals surface area contributed by atoms with E-state index in [0.717, 1.165) is 39.7 Å². The second-order valence-electron chi connectivity index (χ2n) is 3.95. The second kappa shape index (κ2) is 6.88. The van der Waals surface area contributed by atoms with Gasteiger partial charge in [-0.05, 0) is 25.5 Å². The van der Waals surface area contributed by atoms with Crippen molar-refractivity contribution in [3.63, 3.8) is 0 Å². The third kappa shape index (κ3) is 3.82. The summed E-state index contributed by atoms with van der Waals surface area (Å²) in [6, 6.07) is 5.14. The van der Waals surface area contributed by atoms with E-state index in [1.54, 1.807) is 0 Å². The molecule has 110 valence electrons. The Labute approximate surface area is 121 Å². The molecule has 0 atom stereocenters. The van der Waals surface area contributed by atoms with Crippen molar-refractivity contribution in [1.29, 1.82) is 0 Å². The molecule has 0 aliphatic carbocycles. The van der Waals surface area contributed by atoms with Crippen LogP contribution >= 0.6 is 11.3 Å². The van der Waals surface area contributed by atoms with Crippen LogP contribution in [-0.2, 0) is 12.6 Å². The molecule has 0 N–H and O–H groups in total. The predicted octanol–water partition coefficient (Wildman–Crippen LogP) is 5.73. The number of alkyl halides is 3. The van der Waals surface area contributed by atoms with E-state index in [1.165, 1.54) is 23.5 Å². The topological polar surface area (TPSA) is 12.9 Å². The van der Waals surface area contributed by atoms with Crippen molar-refractivity contribution in [2.24, 2.45) is 0 Å². The molecule has 1 aromatic heterocycles. The molecule has 0 aliphatic rings. The van der Waals surface area contributed by atoms with Gasteiger partial charge in [-0.2, -0.15) is 13.2 Å². The van der Waals surface area contributed by atoms with Gasteiger partial charge in [0.1, 0.15) is 5.01 Å². The molecule has 0 radical (unpaired) electrons. The summed E-state index contributed by atoms with van der Waals surface area (Å²) in [5, 5.41) is 0.776. The Morgan fingerprint density at radius 3 is 2.05 bits per heavy atom. The lowest BCUT2D eigenvalue weighted by atomic mass is 10.1. The lowest BCUT2D eigenvalue weighted by molar-refractivity contribution is -0.137. The van der Waals surface area contributed by atoms with Crippen LogP contribution in [0.4, 0.5) is 13.2 Å². The third-order valence-electron chi connectivity index (χ3n) is 2.69. The summed E-state index contributed by atoms with van der Waals surface area (Å²) in [6.07, 6.45) is -3.45. The van der Waals surface area contributed by atoms with Crippen molar-refractivity contribution in [1.82, 2.24) is 4.98 Å². The van der Waals surface area contributed by atoms with Crippen molar-refractivity contribution in [2.75, 3.05) is 0 Å². The first kappa shape index (κ1) is 16.7. The van der Waals surface area contributed by atoms with E-state index >= 15 is 0 Å². The molecule has 5 heteroatoms. The van der Waals surface area contributed by atoms with Crippen LogP contribution in [0.3, 0.4) is 0 Å². The molecule has 0 saturated heterocycles. The van der Waals surface area contributed by atoms with Crippen LogP contribution in [0, 0.1) is 6.92 Å². The molecule has 0 amide bonds. The molecule has 20 heavy (non-hydrogen) atoms. The van der Waals surface area contributed by atoms with E-state index in [-0.39, 0.29) is 0 Å². The molecular formula is C15H18F3NS. The Balaban J connectivity index is 0.000000956. The van der Waals surface area contributed by atoms with E-state index in [2.05, 4.69) is 4.98 Å². The summed E-state index contributed by atoms with van der Waals surface area (Å²) in [5.41, 5.74) is 1.11. The Hall–Kier alpha value is -1.36. The van der Waals surface area contributed by atoms with E-state index in [0.29, 0.717) is 0 Å². The van der Waals surface area contributed by atoms with Gasteiger partial charge in [0.2, 0.25) is 0 Å². The van der Waals surface area contributed by atoms with E-state index in [1.807, 2.05) is 27.7 Å². The Morgan fingerprint density at radius 1 is 1.10 bits per heavy atom. The monoisotopic (exact) mass is 301 g/mol. The van der Waals surface area contributed by atoms with Gasteiger partial charge in [-0.15, -0.1) is 11.3 Å². The molecule has 0 unspecified atom stereocenters. The number of nitrogens with zero attached hydrogens (tertiary/aromatic N) is 1. The highest BCUT2D eigenvalue weighted by atomic mass is 32.1. The average Bonchev–Trinajstić information content (AvgIpc) is 2.81. The highest BCUT2D eigenvalue weighted by molar-refractivity contribution is 7.15. The Bertz CT molecular complexity index is 541. The maximum Gasteiger partial charge on any atom is 0.416 e. The highest BCUT2D eigenvalue weighted by Crippen LogP contribution is 2.32. The van der Waals surface area contributed by atoms with Gasteiger partial charge in [0.25, 0.3) is 0 Å². The van der Waals surface area contributed by atoms with Crippen LogP contribution in [-0.4, -0.2) is 4.98 Å². The first-order chi connectivity index (χ1) is 9.41. The average molecular weight is 301 g/mol. The van der Waals surface area contributed by atoms with E-state index in [4.69, 9.17) is 0 Å². The fourth-order valence-electron chi connectivity index (χ4n) is 1.68. The van der Waals surface area contributed by atoms with Crippen molar-refractivity contribution in [2.45, 2.75) is 40.3 Å². The van der Waals surface area contributed by atoms with Gasteiger partial charge in [-0.3, -0.25) is 0 Å². The zero-order valence-electron chi connectivity index (χ0n) is 12.0. The van der Waals surface area contributed by atoms with Gasteiger partial charge in [-0.1, -0.05) is 32.9 Å². The standard InChI is InChI=1S/C13H12F3NS.C2H6/c1-3-11-8(2)18-12(17-11)9-4-6-10(7-5-9)13(14,15)16;1-2/h4-7H,3H2,1-2H3;1-2H3. The number of thiazole rings is 1. The molecule has 1 heterocycles. The van der Waals surface area contributed by atoms with Gasteiger partial charge in [0.05, 0.1) is 11.3 Å². The molecule has 0 fully saturated rings. The smallest absolute Gasteiger partial charge is 0.241 e. The number of halogens is 3. The second-order valence-corrected chi connectivity index (χ2v) is 5.15. The molecule has 0 aliphatic heterocycles. The fraction of sp³-hybridized carbons (Fsp3) is 0.400. The van der Waals surface area contributed by atoms with Crippen molar-refractivity contribution >= 4 is 11.3 Å². The van der Waals surface area contributed by atoms with Gasteiger partial charge in [0, 0.05) is 10.4 Å². The van der Waals surface area contributed by atoms with Crippen LogP contribution in [0.25, 0.3) is 10.6 Å². The summed E-state index contributed by atoms with van der Waals surface area (Å²) >= 11 is 1.51. The van der Waals surface area contributed by atoms with Gasteiger partial charge < -0.3 is 0 Å². The number of hydrogen-bond donors (Lipinski definition) is 0. The maximum absolute atomic E-state index is 12.4. The number of benzene rings is 1. The third-order valence-corrected chi connectivity index (χ3v) is 3.75. The number of aryl methyl sites for hydroxylation is 2. The van der Waals surface area contributed by atoms with Crippen LogP contribution in [0.1, 0.15) is 36.9 Å². The zero-order valence-corrected chi connectivity index (χ0v) is 12.8. The molecular weight excluding hydrogens is 283 g/mol. The minimum absolute atomic E-state index is 0.629. The number of aromatic nitrogens is 1. The maximum atomic E-state index is 12.4. The normalized spacial score (nSPS) is 10.9. The van der Waals surface area contributed by atoms with Crippen molar-refractivity contribution < 1.29 is 13.2 Å². The van der Waals surface area contributed by atoms with Crippen LogP contribution < -0.4 is 0 Å². The minimum atomic E-state index is -4.29. The number of rotatable bonds is 2. The molecule has 0 saturated carbocycles. The van der Waals surface area contributed by atoms with Crippen molar-refractivity contribution in [3.05, 3.63) is 40.4 Å². The Kier molecular flexibility index (Phi) is 5.74. The lowest BCUT2D eigenvalue weighted by Crippen LogP contribution is -2.03. The minimum Gasteiger partial charge on any atom is -0.241 e. The molecule has 1 nitrogen and oxygen atoms in total. The molecule has 0 spiro atoms. The first-order valence-corrected chi connectivity index (χ1v) is 7.37. The summed E-state index contributed by atoms with van der Waals surface area (Å²) in [4.78, 5) is 5.55. The fourth-order valence-corrected chi connectivity index (χ4v) is 2.69. The quantitative estimate of drug-likeness (QED) is 0.690. The van der Waals surface area contributed by atoms with Gasteiger partial charge in [-0.25, -0.2) is 4.98 Å². The highest BCUT2D eigenvalue weighted by Gasteiger charge is 2.30. The summed E-state index contributed by atoms with van der Waals surface area (Å²) in [5.74, 6) is 0. The van der Waals surface area contributed by atoms with Crippen molar-refractivity contribution in [3.8, 4) is 10.6 Å². The SMILES string of the molecule is CC.CCc1nc(-c2ccc(C(F)(F)F)cc2)sc1C. The molecule has 1 aromatic carbocycles. The summed E-state index contributed by atoms with van der Waals surface area (Å²) < 4.78 is 37.3. The molecule has 2 aromatic rings. The van der Waals surface area contributed by atoms with Crippen LogP contribution in [0.5, 0.6) is 0 Å². The zero-order chi connectivity index (χ0) is 15.3.